The predicted molar refractivity (Wildman–Crippen MR) is 243 cm³/mol. The van der Waals surface area contributed by atoms with Crippen molar-refractivity contribution in [3.63, 3.8) is 0 Å². The van der Waals surface area contributed by atoms with Gasteiger partial charge in [-0.05, 0) is 83.6 Å². The number of benzene rings is 3. The molecule has 0 aliphatic carbocycles. The number of hydrogen-bond acceptors (Lipinski definition) is 16. The van der Waals surface area contributed by atoms with Crippen LogP contribution < -0.4 is 36.1 Å². The van der Waals surface area contributed by atoms with Crippen molar-refractivity contribution in [1.82, 2.24) is 19.9 Å². The molecule has 0 saturated carbocycles. The number of fused-ring (bicyclic) bond motifs is 2. The first-order chi connectivity index (χ1) is 31.8. The second-order valence-electron chi connectivity index (χ2n) is 14.0. The molecule has 6 N–H and O–H groups in total. The molecule has 0 radical (unpaired) electrons. The molecule has 16 heteroatoms. The third kappa shape index (κ3) is 10.5. The van der Waals surface area contributed by atoms with Crippen LogP contribution in [0.1, 0.15) is 39.1 Å². The van der Waals surface area contributed by atoms with Crippen LogP contribution in [-0.4, -0.2) is 46.4 Å². The lowest BCUT2D eigenvalue weighted by molar-refractivity contribution is 0.171. The van der Waals surface area contributed by atoms with Gasteiger partial charge in [-0.2, -0.15) is 21.0 Å². The smallest absolute Gasteiger partial charge is 0.161 e. The number of nitrogen functional groups attached to an aromatic ring is 2. The van der Waals surface area contributed by atoms with Crippen molar-refractivity contribution in [3.8, 4) is 69.5 Å². The molecular formula is C49H39N11O4S. The number of nitrogens with two attached hydrogens (primary N) is 3. The second-order valence-corrected chi connectivity index (χ2v) is 15.1. The van der Waals surface area contributed by atoms with Gasteiger partial charge in [-0.25, -0.2) is 9.97 Å². The van der Waals surface area contributed by atoms with Crippen LogP contribution in [-0.2, 0) is 19.4 Å². The van der Waals surface area contributed by atoms with E-state index in [0.717, 1.165) is 16.0 Å². The molecule has 0 fully saturated rings. The average molecular weight is 878 g/mol. The van der Waals surface area contributed by atoms with Gasteiger partial charge in [0.05, 0.1) is 16.8 Å². The minimum atomic E-state index is 0.0878. The van der Waals surface area contributed by atoms with Gasteiger partial charge < -0.3 is 36.1 Å². The Morgan fingerprint density at radius 1 is 0.538 bits per heavy atom. The largest absolute Gasteiger partial charge is 0.486 e. The predicted octanol–water partition coefficient (Wildman–Crippen LogP) is 7.56. The summed E-state index contributed by atoms with van der Waals surface area (Å²) in [7, 11) is 0. The van der Waals surface area contributed by atoms with Crippen LogP contribution in [0.5, 0.6) is 23.0 Å². The molecule has 9 rings (SSSR count). The number of pyridine rings is 4. The molecule has 65 heavy (non-hydrogen) atoms. The van der Waals surface area contributed by atoms with E-state index in [9.17, 15) is 21.0 Å². The highest BCUT2D eigenvalue weighted by atomic mass is 32.2. The lowest BCUT2D eigenvalue weighted by Gasteiger charge is -2.20. The molecular weight excluding hydrogens is 839 g/mol. The maximum absolute atomic E-state index is 9.90. The summed E-state index contributed by atoms with van der Waals surface area (Å²) in [6.45, 7) is 2.44. The highest BCUT2D eigenvalue weighted by Gasteiger charge is 2.24. The highest BCUT2D eigenvalue weighted by Crippen LogP contribution is 2.42. The van der Waals surface area contributed by atoms with E-state index < -0.39 is 0 Å². The van der Waals surface area contributed by atoms with Gasteiger partial charge in [0.25, 0.3) is 0 Å². The van der Waals surface area contributed by atoms with Crippen molar-refractivity contribution in [2.24, 2.45) is 5.73 Å². The number of nitriles is 4. The van der Waals surface area contributed by atoms with Gasteiger partial charge in [-0.3, -0.25) is 9.97 Å². The van der Waals surface area contributed by atoms with Gasteiger partial charge in [0.2, 0.25) is 0 Å². The van der Waals surface area contributed by atoms with Crippen LogP contribution in [0.3, 0.4) is 0 Å². The molecule has 0 saturated heterocycles. The average Bonchev–Trinajstić information content (AvgIpc) is 3.36. The molecule has 6 heterocycles. The molecule has 0 atom stereocenters. The summed E-state index contributed by atoms with van der Waals surface area (Å²) in [5.41, 5.74) is 23.4. The Kier molecular flexibility index (Phi) is 14.6. The van der Waals surface area contributed by atoms with Crippen LogP contribution in [0, 0.1) is 45.3 Å². The molecule has 0 spiro atoms. The lowest BCUT2D eigenvalue weighted by atomic mass is 9.92. The number of ether oxygens (including phenoxy) is 4. The summed E-state index contributed by atoms with van der Waals surface area (Å²) in [4.78, 5) is 17.6. The second kappa shape index (κ2) is 21.4. The molecule has 320 valence electrons. The first-order valence-corrected chi connectivity index (χ1v) is 20.9. The molecule has 15 nitrogen and oxygen atoms in total. The quantitative estimate of drug-likeness (QED) is 0.133. The van der Waals surface area contributed by atoms with Crippen molar-refractivity contribution >= 4 is 23.4 Å². The third-order valence-electron chi connectivity index (χ3n) is 9.89. The summed E-state index contributed by atoms with van der Waals surface area (Å²) < 4.78 is 22.4. The molecule has 4 aromatic heterocycles. The Bertz CT molecular complexity index is 2980. The van der Waals surface area contributed by atoms with Crippen molar-refractivity contribution in [1.29, 1.82) is 21.0 Å². The molecule has 3 aromatic carbocycles. The van der Waals surface area contributed by atoms with Gasteiger partial charge in [0, 0.05) is 47.4 Å². The Hall–Kier alpha value is -8.67. The maximum Gasteiger partial charge on any atom is 0.161 e. The molecule has 0 bridgehead atoms. The first-order valence-electron chi connectivity index (χ1n) is 20.1. The Labute approximate surface area is 379 Å². The van der Waals surface area contributed by atoms with Crippen molar-refractivity contribution in [3.05, 3.63) is 155 Å². The summed E-state index contributed by atoms with van der Waals surface area (Å²) >= 11 is 1.33. The maximum atomic E-state index is 9.90. The number of rotatable bonds is 8. The van der Waals surface area contributed by atoms with Crippen LogP contribution in [0.25, 0.3) is 22.3 Å². The zero-order chi connectivity index (χ0) is 45.5. The summed E-state index contributed by atoms with van der Waals surface area (Å²) in [6.07, 6.45) is 8.14. The third-order valence-corrected chi connectivity index (χ3v) is 10.9. The van der Waals surface area contributed by atoms with Gasteiger partial charge in [0.15, 0.2) is 23.0 Å². The molecule has 2 aliphatic rings. The van der Waals surface area contributed by atoms with Gasteiger partial charge in [-0.1, -0.05) is 54.2 Å². The SMILES string of the molecule is N#Cc1c(N)nc(CCc2cccnc2)c(C#N)c1-c1ccc2c(c1)OCCO2.N#Cc1c(N)nc(Sc2ccccc2)c(C#N)c1-c1ccc2c(c1)OCCO2.NCc1cccnc1. The molecule has 2 aliphatic heterocycles. The number of nitrogens with zero attached hydrogens (tertiary/aromatic N) is 8. The van der Waals surface area contributed by atoms with Crippen LogP contribution in [0.2, 0.25) is 0 Å². The van der Waals surface area contributed by atoms with Gasteiger partial charge >= 0.3 is 0 Å². The number of aromatic nitrogens is 4. The van der Waals surface area contributed by atoms with Crippen molar-refractivity contribution < 1.29 is 18.9 Å². The van der Waals surface area contributed by atoms with E-state index in [1.54, 1.807) is 61.2 Å². The fourth-order valence-corrected chi connectivity index (χ4v) is 7.75. The molecule has 7 aromatic rings. The minimum absolute atomic E-state index is 0.0878. The van der Waals surface area contributed by atoms with Crippen molar-refractivity contribution in [2.75, 3.05) is 37.9 Å². The summed E-state index contributed by atoms with van der Waals surface area (Å²) in [5.74, 6) is 2.61. The minimum Gasteiger partial charge on any atom is -0.486 e. The van der Waals surface area contributed by atoms with Crippen molar-refractivity contribution in [2.45, 2.75) is 29.3 Å². The Balaban J connectivity index is 0.000000166. The van der Waals surface area contributed by atoms with E-state index >= 15 is 0 Å². The van der Waals surface area contributed by atoms with Gasteiger partial charge in [0.1, 0.15) is 78.5 Å². The topological polar surface area (TPSA) is 262 Å². The standard InChI is InChI=1S/C22H17N5O2.C21H14N4O2S.C6H8N2/c23-11-16-18(5-3-14-2-1-7-26-13-14)27-22(25)17(12-24)21(16)15-4-6-19-20(10-15)29-9-8-28-19;22-11-15-19(13-6-7-17-18(10-13)27-9-8-26-17)16(12-23)21(25-20(15)24)28-14-4-2-1-3-5-14;7-4-6-2-1-3-8-5-6/h1-2,4,6-7,10,13H,3,5,8-9H2,(H2,25,27);1-7,10H,8-9H2,(H2,24,25);1-3,5H,4,7H2. The van der Waals surface area contributed by atoms with Gasteiger partial charge in [-0.15, -0.1) is 0 Å². The monoisotopic (exact) mass is 877 g/mol. The zero-order valence-corrected chi connectivity index (χ0v) is 35.6. The van der Waals surface area contributed by atoms with E-state index in [1.807, 2.05) is 54.6 Å². The fourth-order valence-electron chi connectivity index (χ4n) is 6.84. The molecule has 0 unspecified atom stereocenters. The Morgan fingerprint density at radius 2 is 1.05 bits per heavy atom. The number of anilines is 2. The van der Waals surface area contributed by atoms with Crippen LogP contribution in [0.4, 0.5) is 11.6 Å². The zero-order valence-electron chi connectivity index (χ0n) is 34.8. The van der Waals surface area contributed by atoms with E-state index in [1.165, 1.54) is 11.8 Å². The van der Waals surface area contributed by atoms with E-state index in [-0.39, 0.29) is 22.8 Å². The Morgan fingerprint density at radius 3 is 1.54 bits per heavy atom. The lowest BCUT2D eigenvalue weighted by Crippen LogP contribution is -2.15. The summed E-state index contributed by atoms with van der Waals surface area (Å²) in [6, 6.07) is 36.5. The first kappa shape index (κ1) is 44.4. The number of hydrogen-bond donors (Lipinski definition) is 3. The van der Waals surface area contributed by atoms with E-state index in [0.29, 0.717) is 113 Å². The van der Waals surface area contributed by atoms with Crippen LogP contribution in [0.15, 0.2) is 126 Å². The normalized spacial score (nSPS) is 11.7. The van der Waals surface area contributed by atoms with E-state index in [4.69, 9.17) is 36.1 Å². The van der Waals surface area contributed by atoms with E-state index in [2.05, 4.69) is 44.2 Å². The number of aryl methyl sites for hydroxylation is 2. The molecule has 0 amide bonds. The highest BCUT2D eigenvalue weighted by molar-refractivity contribution is 7.99. The summed E-state index contributed by atoms with van der Waals surface area (Å²) in [5, 5.41) is 39.6. The van der Waals surface area contributed by atoms with Crippen LogP contribution >= 0.6 is 11.8 Å². The fraction of sp³-hybridized carbons (Fsp3) is 0.143.